The molecule has 3 heterocycles. The zero-order valence-electron chi connectivity index (χ0n) is 13.9. The van der Waals surface area contributed by atoms with Crippen molar-refractivity contribution in [2.45, 2.75) is 18.7 Å². The van der Waals surface area contributed by atoms with E-state index < -0.39 is 6.23 Å². The number of fused-ring (bicyclic) bond motifs is 3. The fourth-order valence-electron chi connectivity index (χ4n) is 3.56. The van der Waals surface area contributed by atoms with Gasteiger partial charge in [0.15, 0.2) is 0 Å². The van der Waals surface area contributed by atoms with Crippen molar-refractivity contribution in [2.24, 2.45) is 5.10 Å². The lowest BCUT2D eigenvalue weighted by molar-refractivity contribution is -0.0189. The summed E-state index contributed by atoms with van der Waals surface area (Å²) >= 11 is 20.5. The van der Waals surface area contributed by atoms with E-state index in [1.54, 1.807) is 17.4 Å². The van der Waals surface area contributed by atoms with Crippen molar-refractivity contribution in [2.75, 3.05) is 0 Å². The van der Waals surface area contributed by atoms with E-state index in [2.05, 4.69) is 11.4 Å². The van der Waals surface area contributed by atoms with E-state index in [0.717, 1.165) is 33.9 Å². The predicted molar refractivity (Wildman–Crippen MR) is 111 cm³/mol. The smallest absolute Gasteiger partial charge is 0.215 e. The Morgan fingerprint density at radius 1 is 1.00 bits per heavy atom. The average Bonchev–Trinajstić information content (AvgIpc) is 3.31. The van der Waals surface area contributed by atoms with E-state index in [-0.39, 0.29) is 6.04 Å². The Hall–Kier alpha value is -1.72. The lowest BCUT2D eigenvalue weighted by atomic mass is 9.97. The van der Waals surface area contributed by atoms with Crippen molar-refractivity contribution in [1.82, 2.24) is 5.01 Å². The minimum atomic E-state index is -0.425. The normalized spacial score (nSPS) is 20.7. The van der Waals surface area contributed by atoms with Crippen molar-refractivity contribution in [1.29, 1.82) is 0 Å². The van der Waals surface area contributed by atoms with Crippen LogP contribution >= 0.6 is 46.1 Å². The van der Waals surface area contributed by atoms with E-state index in [1.165, 1.54) is 0 Å². The predicted octanol–water partition coefficient (Wildman–Crippen LogP) is 6.95. The number of nitrogens with zero attached hydrogens (tertiary/aromatic N) is 2. The van der Waals surface area contributed by atoms with Crippen LogP contribution in [0.2, 0.25) is 15.1 Å². The quantitative estimate of drug-likeness (QED) is 0.435. The topological polar surface area (TPSA) is 24.8 Å². The van der Waals surface area contributed by atoms with Gasteiger partial charge in [0.05, 0.1) is 21.7 Å². The van der Waals surface area contributed by atoms with Crippen molar-refractivity contribution >= 4 is 51.9 Å². The molecule has 2 aliphatic rings. The van der Waals surface area contributed by atoms with Crippen molar-refractivity contribution in [3.63, 3.8) is 0 Å². The van der Waals surface area contributed by atoms with Gasteiger partial charge in [-0.3, -0.25) is 0 Å². The molecule has 7 heteroatoms. The van der Waals surface area contributed by atoms with Crippen LogP contribution in [0.1, 0.15) is 34.7 Å². The van der Waals surface area contributed by atoms with Crippen LogP contribution in [-0.2, 0) is 0 Å². The second-order valence-corrected chi connectivity index (χ2v) is 8.67. The van der Waals surface area contributed by atoms with Crippen molar-refractivity contribution < 1.29 is 4.74 Å². The van der Waals surface area contributed by atoms with Crippen LogP contribution in [0.25, 0.3) is 0 Å². The molecule has 2 aliphatic heterocycles. The lowest BCUT2D eigenvalue weighted by Crippen LogP contribution is -2.33. The van der Waals surface area contributed by atoms with Gasteiger partial charge in [-0.2, -0.15) is 5.10 Å². The Morgan fingerprint density at radius 2 is 1.81 bits per heavy atom. The van der Waals surface area contributed by atoms with Gasteiger partial charge in [0.25, 0.3) is 0 Å². The first-order valence-electron chi connectivity index (χ1n) is 8.41. The third-order valence-corrected chi connectivity index (χ3v) is 6.50. The van der Waals surface area contributed by atoms with E-state index in [1.807, 2.05) is 41.4 Å². The third-order valence-electron chi connectivity index (χ3n) is 4.79. The van der Waals surface area contributed by atoms with Crippen molar-refractivity contribution in [3.8, 4) is 5.75 Å². The SMILES string of the molecule is Clc1ccc([C@@H]2Oc3ccc(Cl)cc3[C@H]3CC(c4cccs4)=NN32)c(Cl)c1. The van der Waals surface area contributed by atoms with E-state index in [0.29, 0.717) is 15.1 Å². The summed E-state index contributed by atoms with van der Waals surface area (Å²) in [5.74, 6) is 0.805. The average molecular weight is 436 g/mol. The number of hydrogen-bond donors (Lipinski definition) is 0. The van der Waals surface area contributed by atoms with Gasteiger partial charge in [-0.05, 0) is 41.8 Å². The number of thiophene rings is 1. The maximum atomic E-state index is 6.48. The van der Waals surface area contributed by atoms with Crippen LogP contribution in [0.4, 0.5) is 0 Å². The number of rotatable bonds is 2. The summed E-state index contributed by atoms with van der Waals surface area (Å²) in [6.45, 7) is 0. The van der Waals surface area contributed by atoms with E-state index in [9.17, 15) is 0 Å². The standard InChI is InChI=1S/C20H13Cl3N2OS/c21-11-4-6-18-14(8-11)17-10-16(19-2-1-7-27-19)24-25(17)20(26-18)13-5-3-12(22)9-15(13)23/h1-9,17,20H,10H2/t17-,20+/m1/s1. The van der Waals surface area contributed by atoms with Gasteiger partial charge in [-0.25, -0.2) is 5.01 Å². The number of hydrogen-bond acceptors (Lipinski definition) is 4. The Bertz CT molecular complexity index is 1050. The summed E-state index contributed by atoms with van der Waals surface area (Å²) in [7, 11) is 0. The highest BCUT2D eigenvalue weighted by Gasteiger charge is 2.41. The molecule has 0 N–H and O–H groups in total. The maximum absolute atomic E-state index is 6.48. The fraction of sp³-hybridized carbons (Fsp3) is 0.150. The van der Waals surface area contributed by atoms with Crippen molar-refractivity contribution in [3.05, 3.63) is 85.0 Å². The number of benzene rings is 2. The summed E-state index contributed by atoms with van der Waals surface area (Å²) < 4.78 is 6.31. The molecule has 0 saturated carbocycles. The largest absolute Gasteiger partial charge is 0.464 e. The second-order valence-electron chi connectivity index (χ2n) is 6.44. The molecule has 2 atom stereocenters. The van der Waals surface area contributed by atoms with Gasteiger partial charge in [0, 0.05) is 27.6 Å². The van der Waals surface area contributed by atoms with Crippen LogP contribution in [0.15, 0.2) is 59.0 Å². The first kappa shape index (κ1) is 17.4. The highest BCUT2D eigenvalue weighted by Crippen LogP contribution is 2.49. The minimum Gasteiger partial charge on any atom is -0.464 e. The Labute approximate surface area is 175 Å². The first-order valence-corrected chi connectivity index (χ1v) is 10.4. The number of ether oxygens (including phenoxy) is 1. The molecule has 0 radical (unpaired) electrons. The molecule has 0 bridgehead atoms. The second kappa shape index (κ2) is 6.71. The molecule has 0 amide bonds. The van der Waals surface area contributed by atoms with Gasteiger partial charge in [-0.15, -0.1) is 11.3 Å². The van der Waals surface area contributed by atoms with Crippen LogP contribution < -0.4 is 4.74 Å². The Morgan fingerprint density at radius 3 is 2.59 bits per heavy atom. The summed E-state index contributed by atoms with van der Waals surface area (Å²) in [6.07, 6.45) is 0.366. The minimum absolute atomic E-state index is 0.0429. The van der Waals surface area contributed by atoms with Crippen LogP contribution in [0.3, 0.4) is 0 Å². The summed E-state index contributed by atoms with van der Waals surface area (Å²) in [4.78, 5) is 1.16. The van der Waals surface area contributed by atoms with Gasteiger partial charge in [-0.1, -0.05) is 46.9 Å². The van der Waals surface area contributed by atoms with E-state index >= 15 is 0 Å². The summed E-state index contributed by atoms with van der Waals surface area (Å²) in [6, 6.07) is 15.3. The molecule has 3 nitrogen and oxygen atoms in total. The third kappa shape index (κ3) is 3.01. The molecule has 27 heavy (non-hydrogen) atoms. The van der Waals surface area contributed by atoms with Crippen LogP contribution in [0.5, 0.6) is 5.75 Å². The van der Waals surface area contributed by atoms with Gasteiger partial charge in [0.2, 0.25) is 6.23 Å². The molecule has 2 aromatic carbocycles. The zero-order chi connectivity index (χ0) is 18.5. The molecule has 136 valence electrons. The molecule has 3 aromatic rings. The monoisotopic (exact) mass is 434 g/mol. The van der Waals surface area contributed by atoms with Gasteiger partial charge >= 0.3 is 0 Å². The molecule has 0 saturated heterocycles. The number of hydrazone groups is 1. The zero-order valence-corrected chi connectivity index (χ0v) is 17.0. The Kier molecular flexibility index (Phi) is 4.32. The molecule has 0 aliphatic carbocycles. The summed E-state index contributed by atoms with van der Waals surface area (Å²) in [5, 5.41) is 10.8. The molecule has 0 fully saturated rings. The highest BCUT2D eigenvalue weighted by atomic mass is 35.5. The Balaban J connectivity index is 1.64. The van der Waals surface area contributed by atoms with E-state index in [4.69, 9.17) is 44.6 Å². The van der Waals surface area contributed by atoms with Crippen LogP contribution in [-0.4, -0.2) is 10.7 Å². The molecule has 5 rings (SSSR count). The molecule has 1 aromatic heterocycles. The molecule has 0 spiro atoms. The summed E-state index contributed by atoms with van der Waals surface area (Å²) in [5.41, 5.74) is 2.92. The lowest BCUT2D eigenvalue weighted by Gasteiger charge is -2.38. The highest BCUT2D eigenvalue weighted by molar-refractivity contribution is 7.12. The van der Waals surface area contributed by atoms with Gasteiger partial charge < -0.3 is 4.74 Å². The molecular formula is C20H13Cl3N2OS. The van der Waals surface area contributed by atoms with Gasteiger partial charge in [0.1, 0.15) is 5.75 Å². The first-order chi connectivity index (χ1) is 13.1. The fourth-order valence-corrected chi connectivity index (χ4v) is 4.96. The molecular weight excluding hydrogens is 423 g/mol. The number of halogens is 3. The van der Waals surface area contributed by atoms with Crippen LogP contribution in [0, 0.1) is 0 Å². The maximum Gasteiger partial charge on any atom is 0.215 e. The molecule has 0 unspecified atom stereocenters.